The third-order valence-electron chi connectivity index (χ3n) is 6.24. The van der Waals surface area contributed by atoms with E-state index in [1.54, 1.807) is 11.3 Å². The van der Waals surface area contributed by atoms with Crippen molar-refractivity contribution in [3.8, 4) is 0 Å². The minimum absolute atomic E-state index is 0.279. The van der Waals surface area contributed by atoms with Crippen molar-refractivity contribution >= 4 is 56.9 Å². The molecule has 0 atom stereocenters. The molecule has 0 spiro atoms. The van der Waals surface area contributed by atoms with Crippen LogP contribution in [0.1, 0.15) is 70.4 Å². The summed E-state index contributed by atoms with van der Waals surface area (Å²) in [5.74, 6) is -0.279. The first-order chi connectivity index (χ1) is 16.9. The molecule has 1 aliphatic carbocycles. The number of carbonyl (C=O) groups excluding carboxylic acids is 1. The van der Waals surface area contributed by atoms with E-state index in [4.69, 9.17) is 33.7 Å². The van der Waals surface area contributed by atoms with Gasteiger partial charge < -0.3 is 15.4 Å². The summed E-state index contributed by atoms with van der Waals surface area (Å²) in [4.78, 5) is 14.2. The number of esters is 1. The average Bonchev–Trinajstić information content (AvgIpc) is 3.26. The lowest BCUT2D eigenvalue weighted by Crippen LogP contribution is -2.21. The van der Waals surface area contributed by atoms with Crippen molar-refractivity contribution < 1.29 is 9.53 Å². The Morgan fingerprint density at radius 2 is 1.86 bits per heavy atom. The molecule has 1 aliphatic rings. The highest BCUT2D eigenvalue weighted by Crippen LogP contribution is 2.38. The minimum atomic E-state index is -0.279. The lowest BCUT2D eigenvalue weighted by atomic mass is 9.96. The summed E-state index contributed by atoms with van der Waals surface area (Å²) in [5, 5.41) is 13.2. The van der Waals surface area contributed by atoms with Gasteiger partial charge in [-0.1, -0.05) is 36.6 Å². The Hall–Kier alpha value is -2.42. The van der Waals surface area contributed by atoms with Crippen LogP contribution in [-0.2, 0) is 24.1 Å². The van der Waals surface area contributed by atoms with Gasteiger partial charge in [0.05, 0.1) is 35.8 Å². The summed E-state index contributed by atoms with van der Waals surface area (Å²) in [7, 11) is 0. The summed E-state index contributed by atoms with van der Waals surface area (Å²) in [6.45, 7) is 6.78. The van der Waals surface area contributed by atoms with Crippen LogP contribution < -0.4 is 10.6 Å². The lowest BCUT2D eigenvalue weighted by molar-refractivity contribution is 0.0526. The zero-order valence-electron chi connectivity index (χ0n) is 20.4. The van der Waals surface area contributed by atoms with Gasteiger partial charge in [-0.05, 0) is 81.9 Å². The number of halogens is 1. The average molecular weight is 531 g/mol. The second-order valence-corrected chi connectivity index (χ2v) is 10.7. The number of thiocarbonyl (C=S) groups is 1. The fourth-order valence-corrected chi connectivity index (χ4v) is 6.15. The number of hydrogen-bond acceptors (Lipinski definition) is 5. The van der Waals surface area contributed by atoms with Gasteiger partial charge in [0, 0.05) is 9.90 Å². The van der Waals surface area contributed by atoms with E-state index in [-0.39, 0.29) is 5.97 Å². The largest absolute Gasteiger partial charge is 0.462 e. The predicted octanol–water partition coefficient (Wildman–Crippen LogP) is 6.91. The Balaban J connectivity index is 1.54. The molecule has 0 amide bonds. The molecule has 0 fully saturated rings. The number of nitrogens with one attached hydrogen (secondary N) is 2. The van der Waals surface area contributed by atoms with Gasteiger partial charge in [0.1, 0.15) is 5.00 Å². The van der Waals surface area contributed by atoms with E-state index in [1.807, 2.05) is 49.7 Å². The van der Waals surface area contributed by atoms with E-state index in [0.29, 0.717) is 28.9 Å². The molecule has 0 radical (unpaired) electrons. The highest BCUT2D eigenvalue weighted by Gasteiger charge is 2.26. The molecule has 9 heteroatoms. The Kier molecular flexibility index (Phi) is 8.46. The fraction of sp³-hybridized carbons (Fsp3) is 0.423. The summed E-state index contributed by atoms with van der Waals surface area (Å²) in [6.07, 6.45) is 6.54. The molecule has 2 N–H and O–H groups in total. The maximum absolute atomic E-state index is 12.9. The summed E-state index contributed by atoms with van der Waals surface area (Å²) >= 11 is 13.3. The molecule has 2 heterocycles. The molecule has 2 aromatic heterocycles. The van der Waals surface area contributed by atoms with Crippen molar-refractivity contribution in [3.05, 3.63) is 62.2 Å². The van der Waals surface area contributed by atoms with E-state index < -0.39 is 0 Å². The number of aromatic nitrogens is 2. The molecule has 1 aromatic carbocycles. The van der Waals surface area contributed by atoms with Gasteiger partial charge in [-0.15, -0.1) is 11.3 Å². The standard InChI is InChI=1S/C26H31ClN4O2S2/c1-4-33-25(32)22-20-9-7-5-6-8-10-21(20)35-24(22)29-26(34)28-23-16(2)30-31(17(23)3)15-18-11-13-19(27)14-12-18/h11-14H,4-10,15H2,1-3H3,(H2,28,29,34). The van der Waals surface area contributed by atoms with Crippen LogP contribution in [0.25, 0.3) is 0 Å². The summed E-state index contributed by atoms with van der Waals surface area (Å²) in [5.41, 5.74) is 5.58. The monoisotopic (exact) mass is 530 g/mol. The first-order valence-electron chi connectivity index (χ1n) is 12.1. The molecule has 3 aromatic rings. The number of hydrogen-bond donors (Lipinski definition) is 2. The quantitative estimate of drug-likeness (QED) is 0.266. The number of thiophene rings is 1. The summed E-state index contributed by atoms with van der Waals surface area (Å²) < 4.78 is 7.36. The van der Waals surface area contributed by atoms with Gasteiger partial charge in [-0.3, -0.25) is 4.68 Å². The SMILES string of the molecule is CCOC(=O)c1c(NC(=S)Nc2c(C)nn(Cc3ccc(Cl)cc3)c2C)sc2c1CCCCCC2. The van der Waals surface area contributed by atoms with Crippen LogP contribution in [0.4, 0.5) is 10.7 Å². The molecule has 0 saturated heterocycles. The number of ether oxygens (including phenoxy) is 1. The van der Waals surface area contributed by atoms with Crippen LogP contribution >= 0.6 is 35.2 Å². The molecule has 0 bridgehead atoms. The Morgan fingerprint density at radius 3 is 2.57 bits per heavy atom. The van der Waals surface area contributed by atoms with Crippen molar-refractivity contribution in [2.24, 2.45) is 0 Å². The second-order valence-electron chi connectivity index (χ2n) is 8.75. The minimum Gasteiger partial charge on any atom is -0.462 e. The molecule has 0 aliphatic heterocycles. The maximum atomic E-state index is 12.9. The number of anilines is 2. The number of nitrogens with zero attached hydrogens (tertiary/aromatic N) is 2. The number of fused-ring (bicyclic) bond motifs is 1. The maximum Gasteiger partial charge on any atom is 0.341 e. The zero-order valence-corrected chi connectivity index (χ0v) is 22.8. The molecular weight excluding hydrogens is 500 g/mol. The van der Waals surface area contributed by atoms with Crippen LogP contribution in [0.5, 0.6) is 0 Å². The molecule has 6 nitrogen and oxygen atoms in total. The van der Waals surface area contributed by atoms with Crippen LogP contribution in [0.2, 0.25) is 5.02 Å². The van der Waals surface area contributed by atoms with Crippen LogP contribution in [0.3, 0.4) is 0 Å². The normalized spacial score (nSPS) is 13.5. The van der Waals surface area contributed by atoms with E-state index in [0.717, 1.165) is 58.9 Å². The molecule has 0 saturated carbocycles. The van der Waals surface area contributed by atoms with Crippen LogP contribution in [0, 0.1) is 13.8 Å². The van der Waals surface area contributed by atoms with Gasteiger partial charge in [-0.2, -0.15) is 5.10 Å². The van der Waals surface area contributed by atoms with Crippen LogP contribution in [0.15, 0.2) is 24.3 Å². The lowest BCUT2D eigenvalue weighted by Gasteiger charge is -2.13. The van der Waals surface area contributed by atoms with E-state index in [2.05, 4.69) is 10.6 Å². The van der Waals surface area contributed by atoms with Gasteiger partial charge in [0.2, 0.25) is 0 Å². The van der Waals surface area contributed by atoms with Gasteiger partial charge in [0.15, 0.2) is 5.11 Å². The van der Waals surface area contributed by atoms with Gasteiger partial charge >= 0.3 is 5.97 Å². The molecule has 186 valence electrons. The topological polar surface area (TPSA) is 68.2 Å². The van der Waals surface area contributed by atoms with Crippen molar-refractivity contribution in [2.75, 3.05) is 17.2 Å². The molecule has 4 rings (SSSR count). The van der Waals surface area contributed by atoms with Crippen molar-refractivity contribution in [1.82, 2.24) is 9.78 Å². The molecular formula is C26H31ClN4O2S2. The first-order valence-corrected chi connectivity index (χ1v) is 13.7. The smallest absolute Gasteiger partial charge is 0.341 e. The fourth-order valence-electron chi connectivity index (χ4n) is 4.47. The third kappa shape index (κ3) is 6.05. The van der Waals surface area contributed by atoms with E-state index in [9.17, 15) is 4.79 Å². The third-order valence-corrected chi connectivity index (χ3v) is 7.91. The number of aryl methyl sites for hydroxylation is 2. The second kappa shape index (κ2) is 11.5. The Bertz CT molecular complexity index is 1220. The van der Waals surface area contributed by atoms with E-state index >= 15 is 0 Å². The highest BCUT2D eigenvalue weighted by molar-refractivity contribution is 7.80. The van der Waals surface area contributed by atoms with Crippen molar-refractivity contribution in [1.29, 1.82) is 0 Å². The number of carbonyl (C=O) groups is 1. The first kappa shape index (κ1) is 25.7. The molecule has 0 unspecified atom stereocenters. The van der Waals surface area contributed by atoms with Gasteiger partial charge in [-0.25, -0.2) is 4.79 Å². The van der Waals surface area contributed by atoms with Crippen LogP contribution in [-0.4, -0.2) is 27.5 Å². The Labute approximate surface area is 221 Å². The van der Waals surface area contributed by atoms with E-state index in [1.165, 1.54) is 17.7 Å². The predicted molar refractivity (Wildman–Crippen MR) is 148 cm³/mol. The summed E-state index contributed by atoms with van der Waals surface area (Å²) in [6, 6.07) is 7.76. The van der Waals surface area contributed by atoms with Crippen molar-refractivity contribution in [2.45, 2.75) is 65.8 Å². The number of benzene rings is 1. The van der Waals surface area contributed by atoms with Crippen molar-refractivity contribution in [3.63, 3.8) is 0 Å². The van der Waals surface area contributed by atoms with Gasteiger partial charge in [0.25, 0.3) is 0 Å². The zero-order chi connectivity index (χ0) is 24.9. The molecule has 35 heavy (non-hydrogen) atoms. The Morgan fingerprint density at radius 1 is 1.14 bits per heavy atom. The number of rotatable bonds is 6. The highest BCUT2D eigenvalue weighted by atomic mass is 35.5.